The van der Waals surface area contributed by atoms with Gasteiger partial charge in [0.05, 0.1) is 5.02 Å². The van der Waals surface area contributed by atoms with Crippen molar-refractivity contribution in [2.24, 2.45) is 5.92 Å². The second kappa shape index (κ2) is 11.3. The molecule has 8 heteroatoms. The Morgan fingerprint density at radius 1 is 1.06 bits per heavy atom. The molecule has 0 amide bonds. The summed E-state index contributed by atoms with van der Waals surface area (Å²) < 4.78 is 12.3. The van der Waals surface area contributed by atoms with Crippen LogP contribution in [0.1, 0.15) is 39.5 Å². The van der Waals surface area contributed by atoms with Crippen LogP contribution >= 0.6 is 11.6 Å². The lowest BCUT2D eigenvalue weighted by atomic mass is 9.88. The van der Waals surface area contributed by atoms with Crippen LogP contribution in [0.3, 0.4) is 0 Å². The van der Waals surface area contributed by atoms with Gasteiger partial charge in [-0.15, -0.1) is 0 Å². The Morgan fingerprint density at radius 3 is 2.53 bits per heavy atom. The summed E-state index contributed by atoms with van der Waals surface area (Å²) in [6.45, 7) is 9.89. The SMILES string of the molecule is CCN1CCC(Oc2ccc(Cl)cn2)C(CC(C)N2CCC(Oc3ncccn3)CC2)C1. The first-order chi connectivity index (χ1) is 15.6. The molecule has 0 aliphatic carbocycles. The highest BCUT2D eigenvalue weighted by atomic mass is 35.5. The van der Waals surface area contributed by atoms with E-state index in [2.05, 4.69) is 38.6 Å². The van der Waals surface area contributed by atoms with Crippen LogP contribution in [-0.4, -0.2) is 75.7 Å². The van der Waals surface area contributed by atoms with Crippen LogP contribution in [0, 0.1) is 5.92 Å². The Balaban J connectivity index is 1.31. The van der Waals surface area contributed by atoms with Gasteiger partial charge >= 0.3 is 6.01 Å². The summed E-state index contributed by atoms with van der Waals surface area (Å²) in [6, 6.07) is 6.50. The van der Waals surface area contributed by atoms with Crippen molar-refractivity contribution in [2.45, 2.75) is 57.8 Å². The highest BCUT2D eigenvalue weighted by Gasteiger charge is 2.34. The van der Waals surface area contributed by atoms with Crippen LogP contribution in [0.4, 0.5) is 0 Å². The molecule has 0 saturated carbocycles. The zero-order valence-corrected chi connectivity index (χ0v) is 19.8. The molecule has 3 unspecified atom stereocenters. The Bertz CT molecular complexity index is 817. The zero-order valence-electron chi connectivity index (χ0n) is 19.1. The molecule has 0 N–H and O–H groups in total. The van der Waals surface area contributed by atoms with Gasteiger partial charge in [0.15, 0.2) is 0 Å². The lowest BCUT2D eigenvalue weighted by Crippen LogP contribution is -2.49. The Hall–Kier alpha value is -1.96. The molecule has 0 radical (unpaired) electrons. The normalized spacial score (nSPS) is 24.2. The summed E-state index contributed by atoms with van der Waals surface area (Å²) in [5, 5.41) is 0.634. The van der Waals surface area contributed by atoms with Crippen molar-refractivity contribution in [1.82, 2.24) is 24.8 Å². The van der Waals surface area contributed by atoms with Gasteiger partial charge < -0.3 is 19.3 Å². The maximum absolute atomic E-state index is 6.34. The minimum absolute atomic E-state index is 0.185. The molecule has 2 aromatic rings. The molecule has 174 valence electrons. The first-order valence-electron chi connectivity index (χ1n) is 11.8. The van der Waals surface area contributed by atoms with E-state index in [-0.39, 0.29) is 12.2 Å². The highest BCUT2D eigenvalue weighted by Crippen LogP contribution is 2.28. The van der Waals surface area contributed by atoms with Crippen LogP contribution in [0.2, 0.25) is 5.02 Å². The zero-order chi connectivity index (χ0) is 22.3. The van der Waals surface area contributed by atoms with E-state index in [1.165, 1.54) is 0 Å². The Labute approximate surface area is 196 Å². The van der Waals surface area contributed by atoms with Crippen LogP contribution in [0.15, 0.2) is 36.8 Å². The number of pyridine rings is 1. The third-order valence-electron chi connectivity index (χ3n) is 6.73. The van der Waals surface area contributed by atoms with Gasteiger partial charge in [0, 0.05) is 62.8 Å². The molecule has 3 atom stereocenters. The predicted octanol–water partition coefficient (Wildman–Crippen LogP) is 3.94. The van der Waals surface area contributed by atoms with E-state index < -0.39 is 0 Å². The van der Waals surface area contributed by atoms with E-state index in [1.54, 1.807) is 18.6 Å². The quantitative estimate of drug-likeness (QED) is 0.592. The number of hydrogen-bond acceptors (Lipinski definition) is 7. The smallest absolute Gasteiger partial charge is 0.316 e. The first-order valence-corrected chi connectivity index (χ1v) is 12.2. The van der Waals surface area contributed by atoms with E-state index in [0.29, 0.717) is 28.9 Å². The van der Waals surface area contributed by atoms with Gasteiger partial charge in [-0.05, 0) is 51.3 Å². The third-order valence-corrected chi connectivity index (χ3v) is 6.95. The topological polar surface area (TPSA) is 63.6 Å². The van der Waals surface area contributed by atoms with Gasteiger partial charge in [-0.2, -0.15) is 0 Å². The molecule has 4 rings (SSSR count). The van der Waals surface area contributed by atoms with E-state index >= 15 is 0 Å². The second-order valence-corrected chi connectivity index (χ2v) is 9.32. The molecule has 2 aliphatic rings. The Morgan fingerprint density at radius 2 is 1.84 bits per heavy atom. The van der Waals surface area contributed by atoms with Crippen molar-refractivity contribution in [3.8, 4) is 11.9 Å². The van der Waals surface area contributed by atoms with Crippen LogP contribution in [-0.2, 0) is 0 Å². The van der Waals surface area contributed by atoms with Crippen molar-refractivity contribution < 1.29 is 9.47 Å². The molecule has 0 bridgehead atoms. The molecular formula is C24H34ClN5O2. The summed E-state index contributed by atoms with van der Waals surface area (Å²) in [7, 11) is 0. The van der Waals surface area contributed by atoms with E-state index in [4.69, 9.17) is 21.1 Å². The summed E-state index contributed by atoms with van der Waals surface area (Å²) in [5.74, 6) is 1.14. The van der Waals surface area contributed by atoms with E-state index in [9.17, 15) is 0 Å². The van der Waals surface area contributed by atoms with Gasteiger partial charge in [0.2, 0.25) is 5.88 Å². The van der Waals surface area contributed by atoms with E-state index in [0.717, 1.165) is 58.4 Å². The fourth-order valence-corrected chi connectivity index (χ4v) is 4.97. The second-order valence-electron chi connectivity index (χ2n) is 8.88. The fraction of sp³-hybridized carbons (Fsp3) is 0.625. The van der Waals surface area contributed by atoms with Crippen molar-refractivity contribution >= 4 is 11.6 Å². The van der Waals surface area contributed by atoms with Crippen molar-refractivity contribution in [2.75, 3.05) is 32.7 Å². The van der Waals surface area contributed by atoms with Crippen molar-refractivity contribution in [3.05, 3.63) is 41.8 Å². The molecule has 32 heavy (non-hydrogen) atoms. The number of halogens is 1. The number of aromatic nitrogens is 3. The average Bonchev–Trinajstić information content (AvgIpc) is 2.82. The monoisotopic (exact) mass is 459 g/mol. The lowest BCUT2D eigenvalue weighted by molar-refractivity contribution is 0.0150. The maximum Gasteiger partial charge on any atom is 0.316 e. The first kappa shape index (κ1) is 23.2. The molecule has 2 saturated heterocycles. The number of ether oxygens (including phenoxy) is 2. The van der Waals surface area contributed by atoms with Crippen LogP contribution in [0.5, 0.6) is 11.9 Å². The molecule has 2 aliphatic heterocycles. The molecule has 7 nitrogen and oxygen atoms in total. The predicted molar refractivity (Wildman–Crippen MR) is 125 cm³/mol. The highest BCUT2D eigenvalue weighted by molar-refractivity contribution is 6.30. The average molecular weight is 460 g/mol. The summed E-state index contributed by atoms with van der Waals surface area (Å²) in [5.41, 5.74) is 0. The van der Waals surface area contributed by atoms with E-state index in [1.807, 2.05) is 18.2 Å². The number of hydrogen-bond donors (Lipinski definition) is 0. The molecule has 2 aromatic heterocycles. The van der Waals surface area contributed by atoms with Gasteiger partial charge in [0.25, 0.3) is 0 Å². The molecule has 0 spiro atoms. The van der Waals surface area contributed by atoms with Crippen LogP contribution in [0.25, 0.3) is 0 Å². The lowest BCUT2D eigenvalue weighted by Gasteiger charge is -2.42. The number of piperidine rings is 2. The minimum Gasteiger partial charge on any atom is -0.474 e. The standard InChI is InChI=1S/C24H34ClN5O2/c1-3-29-12-9-22(32-23-6-5-20(25)16-28-23)19(17-29)15-18(2)30-13-7-21(8-14-30)31-24-26-10-4-11-27-24/h4-6,10-11,16,18-19,21-22H,3,7-9,12-15,17H2,1-2H3. The van der Waals surface area contributed by atoms with Gasteiger partial charge in [0.1, 0.15) is 12.2 Å². The molecule has 4 heterocycles. The minimum atomic E-state index is 0.185. The molecule has 2 fully saturated rings. The number of likely N-dealkylation sites (tertiary alicyclic amines) is 2. The van der Waals surface area contributed by atoms with Crippen molar-refractivity contribution in [3.63, 3.8) is 0 Å². The molecule has 0 aromatic carbocycles. The third kappa shape index (κ3) is 6.30. The van der Waals surface area contributed by atoms with Crippen molar-refractivity contribution in [1.29, 1.82) is 0 Å². The summed E-state index contributed by atoms with van der Waals surface area (Å²) in [4.78, 5) is 17.9. The number of nitrogens with zero attached hydrogens (tertiary/aromatic N) is 5. The van der Waals surface area contributed by atoms with Crippen LogP contribution < -0.4 is 9.47 Å². The Kier molecular flexibility index (Phi) is 8.16. The maximum atomic E-state index is 6.34. The number of rotatable bonds is 8. The van der Waals surface area contributed by atoms with Gasteiger partial charge in [-0.25, -0.2) is 15.0 Å². The van der Waals surface area contributed by atoms with Gasteiger partial charge in [-0.3, -0.25) is 0 Å². The molecular weight excluding hydrogens is 426 g/mol. The largest absolute Gasteiger partial charge is 0.474 e. The fourth-order valence-electron chi connectivity index (χ4n) is 4.86. The summed E-state index contributed by atoms with van der Waals surface area (Å²) in [6.07, 6.45) is 9.63. The van der Waals surface area contributed by atoms with Gasteiger partial charge in [-0.1, -0.05) is 18.5 Å². The summed E-state index contributed by atoms with van der Waals surface area (Å²) >= 11 is 5.99.